The molecule has 162 valence electrons. The molecule has 2 aromatic carbocycles. The number of nitrogens with zero attached hydrogens (tertiary/aromatic N) is 2. The van der Waals surface area contributed by atoms with Crippen molar-refractivity contribution in [3.8, 4) is 16.9 Å². The van der Waals surface area contributed by atoms with Gasteiger partial charge in [-0.1, -0.05) is 24.3 Å². The Labute approximate surface area is 179 Å². The fourth-order valence-electron chi connectivity index (χ4n) is 3.86. The zero-order chi connectivity index (χ0) is 21.7. The summed E-state index contributed by atoms with van der Waals surface area (Å²) in [6.07, 6.45) is 2.10. The fraction of sp³-hybridized carbons (Fsp3) is 0.480. The number of amides is 1. The predicted molar refractivity (Wildman–Crippen MR) is 120 cm³/mol. The maximum atomic E-state index is 13.8. The van der Waals surface area contributed by atoms with Crippen LogP contribution in [0.25, 0.3) is 11.1 Å². The van der Waals surface area contributed by atoms with E-state index in [-0.39, 0.29) is 5.91 Å². The van der Waals surface area contributed by atoms with E-state index in [1.54, 1.807) is 32.8 Å². The van der Waals surface area contributed by atoms with E-state index >= 15 is 0 Å². The lowest BCUT2D eigenvalue weighted by molar-refractivity contribution is 0.0826. The van der Waals surface area contributed by atoms with Crippen LogP contribution in [0.3, 0.4) is 0 Å². The zero-order valence-electron chi connectivity index (χ0n) is 18.5. The number of ether oxygens (including phenoxy) is 1. The first kappa shape index (κ1) is 22.3. The Hall–Kier alpha value is -2.40. The molecule has 0 N–H and O–H groups in total. The number of likely N-dealkylation sites (tertiary alicyclic amines) is 1. The maximum Gasteiger partial charge on any atom is 0.253 e. The van der Waals surface area contributed by atoms with Crippen LogP contribution in [-0.4, -0.2) is 61.7 Å². The standard InChI is InChI=1S/C25H33FN2O2/c1-25(2,26)18-28-15-13-19(14-16-28)17-30-23-11-9-21(10-12-23)20-5-7-22(8-6-20)24(29)27(3)4/h5-12,19H,13-18H2,1-4H3. The number of alkyl halides is 1. The average molecular weight is 413 g/mol. The van der Waals surface area contributed by atoms with Gasteiger partial charge >= 0.3 is 0 Å². The molecule has 1 saturated heterocycles. The fourth-order valence-corrected chi connectivity index (χ4v) is 3.86. The second-order valence-corrected chi connectivity index (χ2v) is 9.05. The molecular formula is C25H33FN2O2. The van der Waals surface area contributed by atoms with Gasteiger partial charge in [0.15, 0.2) is 0 Å². The Bertz CT molecular complexity index is 818. The van der Waals surface area contributed by atoms with Gasteiger partial charge in [-0.05, 0) is 81.1 Å². The van der Waals surface area contributed by atoms with E-state index in [1.807, 2.05) is 48.5 Å². The summed E-state index contributed by atoms with van der Waals surface area (Å²) in [6.45, 7) is 6.37. The van der Waals surface area contributed by atoms with Crippen molar-refractivity contribution in [3.63, 3.8) is 0 Å². The van der Waals surface area contributed by atoms with Gasteiger partial charge in [0.2, 0.25) is 0 Å². The summed E-state index contributed by atoms with van der Waals surface area (Å²) in [7, 11) is 3.51. The predicted octanol–water partition coefficient (Wildman–Crippen LogP) is 4.89. The molecule has 1 heterocycles. The molecule has 0 spiro atoms. The SMILES string of the molecule is CN(C)C(=O)c1ccc(-c2ccc(OCC3CCN(CC(C)(C)F)CC3)cc2)cc1. The lowest BCUT2D eigenvalue weighted by Crippen LogP contribution is -2.41. The third-order valence-electron chi connectivity index (χ3n) is 5.52. The third-order valence-corrected chi connectivity index (χ3v) is 5.52. The first-order valence-electron chi connectivity index (χ1n) is 10.7. The lowest BCUT2D eigenvalue weighted by atomic mass is 9.97. The molecule has 1 aliphatic rings. The van der Waals surface area contributed by atoms with Gasteiger partial charge in [-0.25, -0.2) is 4.39 Å². The molecule has 2 aromatic rings. The van der Waals surface area contributed by atoms with Crippen molar-refractivity contribution < 1.29 is 13.9 Å². The van der Waals surface area contributed by atoms with Gasteiger partial charge in [-0.15, -0.1) is 0 Å². The van der Waals surface area contributed by atoms with Crippen LogP contribution in [0, 0.1) is 5.92 Å². The molecule has 1 amide bonds. The number of carbonyl (C=O) groups excluding carboxylic acids is 1. The Morgan fingerprint density at radius 2 is 1.57 bits per heavy atom. The van der Waals surface area contributed by atoms with E-state index in [0.29, 0.717) is 24.6 Å². The molecule has 1 aliphatic heterocycles. The molecular weight excluding hydrogens is 379 g/mol. The molecule has 30 heavy (non-hydrogen) atoms. The Kier molecular flexibility index (Phi) is 7.14. The van der Waals surface area contributed by atoms with Gasteiger partial charge in [0.1, 0.15) is 11.4 Å². The summed E-state index contributed by atoms with van der Waals surface area (Å²) >= 11 is 0. The molecule has 3 rings (SSSR count). The number of hydrogen-bond donors (Lipinski definition) is 0. The minimum Gasteiger partial charge on any atom is -0.493 e. The van der Waals surface area contributed by atoms with Gasteiger partial charge in [-0.3, -0.25) is 4.79 Å². The minimum absolute atomic E-state index is 0.00420. The number of piperidine rings is 1. The number of hydrogen-bond acceptors (Lipinski definition) is 3. The summed E-state index contributed by atoms with van der Waals surface area (Å²) in [4.78, 5) is 15.8. The largest absolute Gasteiger partial charge is 0.493 e. The van der Waals surface area contributed by atoms with E-state index in [4.69, 9.17) is 4.74 Å². The number of carbonyl (C=O) groups is 1. The van der Waals surface area contributed by atoms with Crippen molar-refractivity contribution in [2.45, 2.75) is 32.4 Å². The number of benzene rings is 2. The van der Waals surface area contributed by atoms with Crippen LogP contribution in [0.1, 0.15) is 37.0 Å². The molecule has 0 radical (unpaired) electrons. The first-order chi connectivity index (χ1) is 14.2. The topological polar surface area (TPSA) is 32.8 Å². The maximum absolute atomic E-state index is 13.8. The molecule has 0 atom stereocenters. The molecule has 0 bridgehead atoms. The highest BCUT2D eigenvalue weighted by Crippen LogP contribution is 2.25. The monoisotopic (exact) mass is 412 g/mol. The summed E-state index contributed by atoms with van der Waals surface area (Å²) < 4.78 is 19.8. The van der Waals surface area contributed by atoms with E-state index in [9.17, 15) is 9.18 Å². The van der Waals surface area contributed by atoms with Crippen molar-refractivity contribution in [2.24, 2.45) is 5.92 Å². The summed E-state index contributed by atoms with van der Waals surface area (Å²) in [5.74, 6) is 1.39. The van der Waals surface area contributed by atoms with Gasteiger partial charge in [0.05, 0.1) is 6.61 Å². The Morgan fingerprint density at radius 3 is 2.07 bits per heavy atom. The normalized spacial score (nSPS) is 15.8. The van der Waals surface area contributed by atoms with E-state index in [2.05, 4.69) is 4.90 Å². The van der Waals surface area contributed by atoms with E-state index < -0.39 is 5.67 Å². The van der Waals surface area contributed by atoms with Crippen molar-refractivity contribution in [3.05, 3.63) is 54.1 Å². The summed E-state index contributed by atoms with van der Waals surface area (Å²) in [5, 5.41) is 0. The van der Waals surface area contributed by atoms with Crippen LogP contribution in [0.15, 0.2) is 48.5 Å². The van der Waals surface area contributed by atoms with Crippen molar-refractivity contribution in [1.29, 1.82) is 0 Å². The highest BCUT2D eigenvalue weighted by Gasteiger charge is 2.25. The number of halogens is 1. The Morgan fingerprint density at radius 1 is 1.03 bits per heavy atom. The van der Waals surface area contributed by atoms with E-state index in [1.165, 1.54) is 0 Å². The average Bonchev–Trinajstić information content (AvgIpc) is 2.72. The lowest BCUT2D eigenvalue weighted by Gasteiger charge is -2.34. The smallest absolute Gasteiger partial charge is 0.253 e. The zero-order valence-corrected chi connectivity index (χ0v) is 18.5. The molecule has 0 saturated carbocycles. The van der Waals surface area contributed by atoms with Crippen molar-refractivity contribution >= 4 is 5.91 Å². The second kappa shape index (κ2) is 9.61. The van der Waals surface area contributed by atoms with Crippen molar-refractivity contribution in [2.75, 3.05) is 40.3 Å². The Balaban J connectivity index is 1.49. The molecule has 0 aliphatic carbocycles. The third kappa shape index (κ3) is 6.30. The second-order valence-electron chi connectivity index (χ2n) is 9.05. The van der Waals surface area contributed by atoms with Gasteiger partial charge in [-0.2, -0.15) is 0 Å². The molecule has 1 fully saturated rings. The van der Waals surface area contributed by atoms with Crippen LogP contribution in [0.2, 0.25) is 0 Å². The van der Waals surface area contributed by atoms with Crippen molar-refractivity contribution in [1.82, 2.24) is 9.80 Å². The summed E-state index contributed by atoms with van der Waals surface area (Å²) in [5.41, 5.74) is 1.71. The summed E-state index contributed by atoms with van der Waals surface area (Å²) in [6, 6.07) is 15.7. The van der Waals surface area contributed by atoms with Crippen LogP contribution < -0.4 is 4.74 Å². The molecule has 0 unspecified atom stereocenters. The van der Waals surface area contributed by atoms with Crippen LogP contribution in [-0.2, 0) is 0 Å². The van der Waals surface area contributed by atoms with Gasteiger partial charge in [0.25, 0.3) is 5.91 Å². The van der Waals surface area contributed by atoms with Gasteiger partial charge < -0.3 is 14.5 Å². The highest BCUT2D eigenvalue weighted by molar-refractivity contribution is 5.94. The van der Waals surface area contributed by atoms with E-state index in [0.717, 1.165) is 42.8 Å². The van der Waals surface area contributed by atoms with Crippen LogP contribution in [0.4, 0.5) is 4.39 Å². The quantitative estimate of drug-likeness (QED) is 0.649. The first-order valence-corrected chi connectivity index (χ1v) is 10.7. The molecule has 4 nitrogen and oxygen atoms in total. The van der Waals surface area contributed by atoms with Gasteiger partial charge in [0, 0.05) is 26.2 Å². The molecule has 0 aromatic heterocycles. The van der Waals surface area contributed by atoms with Crippen LogP contribution >= 0.6 is 0 Å². The van der Waals surface area contributed by atoms with Crippen LogP contribution in [0.5, 0.6) is 5.75 Å². The highest BCUT2D eigenvalue weighted by atomic mass is 19.1. The molecule has 5 heteroatoms. The number of rotatable bonds is 7. The minimum atomic E-state index is -1.13.